The Morgan fingerprint density at radius 1 is 0.718 bits per heavy atom. The van der Waals surface area contributed by atoms with Gasteiger partial charge in [0.1, 0.15) is 54.0 Å². The van der Waals surface area contributed by atoms with E-state index in [0.29, 0.717) is 141 Å². The van der Waals surface area contributed by atoms with Crippen LogP contribution >= 0.6 is 0 Å². The van der Waals surface area contributed by atoms with Gasteiger partial charge in [0.05, 0.1) is 142 Å². The molecule has 36 nitrogen and oxygen atoms in total. The number of phenols is 1. The van der Waals surface area contributed by atoms with Gasteiger partial charge < -0.3 is 113 Å². The van der Waals surface area contributed by atoms with Crippen molar-refractivity contribution in [3.8, 4) is 17.2 Å². The summed E-state index contributed by atoms with van der Waals surface area (Å²) < 4.78 is 80.6. The summed E-state index contributed by atoms with van der Waals surface area (Å²) in [7, 11) is 5.56. The highest BCUT2D eigenvalue weighted by Gasteiger charge is 2.50. The van der Waals surface area contributed by atoms with E-state index in [-0.39, 0.29) is 160 Å². The molecule has 0 radical (unpaired) electrons. The zero-order chi connectivity index (χ0) is 96.1. The summed E-state index contributed by atoms with van der Waals surface area (Å²) in [5, 5.41) is 37.4. The Hall–Kier alpha value is -10.6. The van der Waals surface area contributed by atoms with E-state index < -0.39 is 94.6 Å². The monoisotopic (exact) mass is 1830 g/mol. The predicted molar refractivity (Wildman–Crippen MR) is 489 cm³/mol. The highest BCUT2D eigenvalue weighted by molar-refractivity contribution is 6.26. The zero-order valence-corrected chi connectivity index (χ0v) is 78.5. The Morgan fingerprint density at radius 2 is 1.32 bits per heavy atom. The minimum Gasteiger partial charge on any atom is -0.505 e. The van der Waals surface area contributed by atoms with Crippen LogP contribution in [0.5, 0.6) is 17.2 Å². The summed E-state index contributed by atoms with van der Waals surface area (Å²) in [5.74, 6) is -9.08. The Labute approximate surface area is 765 Å². The van der Waals surface area contributed by atoms with Crippen LogP contribution in [-0.4, -0.2) is 273 Å². The van der Waals surface area contributed by atoms with E-state index in [9.17, 15) is 58.2 Å². The molecule has 0 spiro atoms. The molecule has 131 heavy (non-hydrogen) atoms. The number of hydrogen-bond donors (Lipinski definition) is 8. The molecule has 3 aliphatic heterocycles. The number of carbonyl (C=O) groups is 10. The summed E-state index contributed by atoms with van der Waals surface area (Å²) in [6.45, 7) is 32.4. The number of Topliss-reactive ketones (excluding diaryl/α,β-unsaturated/α-hetero) is 2. The van der Waals surface area contributed by atoms with Crippen molar-refractivity contribution in [3.63, 3.8) is 0 Å². The van der Waals surface area contributed by atoms with Crippen LogP contribution in [0, 0.1) is 48.3 Å². The topological polar surface area (TPSA) is 464 Å². The number of nitrogens with one attached hydrogen (secondary N) is 5. The number of aliphatic hydroxyl groups excluding tert-OH is 1. The van der Waals surface area contributed by atoms with Crippen LogP contribution in [0.25, 0.3) is 33.0 Å². The molecule has 0 saturated carbocycles. The first kappa shape index (κ1) is 107. The number of urea groups is 1. The van der Waals surface area contributed by atoms with Gasteiger partial charge in [-0.3, -0.25) is 52.8 Å². The molecule has 5 aromatic rings. The lowest BCUT2D eigenvalue weighted by Crippen LogP contribution is -2.45. The number of fused-ring (bicyclic) bond motifs is 5. The van der Waals surface area contributed by atoms with Gasteiger partial charge in [-0.15, -0.1) is 0 Å². The van der Waals surface area contributed by atoms with E-state index in [4.69, 9.17) is 76.7 Å². The third-order valence-electron chi connectivity index (χ3n) is 23.0. The standard InChI is InChI=1S/C72H95N7O17.C23H40N2O10/c1-16-91-32-29-55(82)77-59(38(2)3)52(81)35-48(21-18-30-74-71(73)89)70(88)75-49-24-22-47(23-25-49)37-79(13,14)31-34-92-50-26-27-51-54(36-50)95-67-60(76-51)56-57-63(84)45(10)66-58(56)68(86)72(12,96-66)93-33-28-53(90-15)44(9)65(94-46(11)80)43(8)41(6)42(7)62(83)39(4)19-17-20-40(5)69(87)78-61(67)64(57)85;1-2-29-9-10-31-13-14-33-17-18-35-20-19-34-16-15-32-12-11-30-8-6-24-21(26)5-7-25-22(27)3-4-23(25)28/h17,19-20,22-28,33,36,38-39,41-44,48,53,59,62,65,83H,16,18,21,29-32,34-35,37H2,1-15H3,(H6-,73,74,75,76,77,78,82,84,85,86,87,88,89);3-4H,2,5-20H2,1H3,(H,24,26)/p+1/b19-17+,33-28+,40-20-;/t39-,41+,42-,43+,44+,48+,53-,59-,62-,65-,72-;/m0./s1. The summed E-state index contributed by atoms with van der Waals surface area (Å²) in [5.41, 5.74) is 5.92. The van der Waals surface area contributed by atoms with Crippen LogP contribution in [0.2, 0.25) is 0 Å². The molecule has 9 N–H and O–H groups in total. The van der Waals surface area contributed by atoms with E-state index in [1.54, 1.807) is 61.6 Å². The van der Waals surface area contributed by atoms with Gasteiger partial charge in [0, 0.05) is 137 Å². The molecule has 11 atom stereocenters. The van der Waals surface area contributed by atoms with Crippen molar-refractivity contribution in [2.75, 3.05) is 170 Å². The number of esters is 1. The van der Waals surface area contributed by atoms with E-state index >= 15 is 4.79 Å². The summed E-state index contributed by atoms with van der Waals surface area (Å²) in [4.78, 5) is 149. The summed E-state index contributed by atoms with van der Waals surface area (Å²) >= 11 is 0. The van der Waals surface area contributed by atoms with Crippen molar-refractivity contribution < 1.29 is 129 Å². The van der Waals surface area contributed by atoms with E-state index in [1.165, 1.54) is 46.3 Å². The number of aromatic nitrogens is 1. The first-order valence-electron chi connectivity index (χ1n) is 44.8. The van der Waals surface area contributed by atoms with E-state index in [0.717, 1.165) is 10.5 Å². The Morgan fingerprint density at radius 3 is 1.91 bits per heavy atom. The minimum atomic E-state index is -2.07. The van der Waals surface area contributed by atoms with Crippen LogP contribution in [-0.2, 0) is 97.0 Å². The molecule has 0 unspecified atom stereocenters. The normalized spacial score (nSPS) is 20.9. The number of amides is 8. The van der Waals surface area contributed by atoms with Crippen LogP contribution in [0.15, 0.2) is 100.0 Å². The van der Waals surface area contributed by atoms with Crippen molar-refractivity contribution >= 4 is 103 Å². The number of imide groups is 1. The first-order valence-corrected chi connectivity index (χ1v) is 44.8. The number of ketones is 2. The van der Waals surface area contributed by atoms with Crippen molar-refractivity contribution in [1.29, 1.82) is 0 Å². The number of aromatic hydroxyl groups is 1. The molecule has 36 heteroatoms. The molecule has 0 saturated heterocycles. The lowest BCUT2D eigenvalue weighted by Gasteiger charge is -2.39. The van der Waals surface area contributed by atoms with Crippen molar-refractivity contribution in [2.45, 2.75) is 159 Å². The minimum absolute atomic E-state index is 0.0283. The molecule has 722 valence electrons. The summed E-state index contributed by atoms with van der Waals surface area (Å²) in [6.07, 6.45) is 8.57. The maximum Gasteiger partial charge on any atom is 0.312 e. The average molecular weight is 1840 g/mol. The molecule has 4 aromatic carbocycles. The van der Waals surface area contributed by atoms with Crippen LogP contribution in [0.1, 0.15) is 137 Å². The highest BCUT2D eigenvalue weighted by Crippen LogP contribution is 2.49. The fraction of sp³-hybridized carbons (Fsp3) is 0.579. The fourth-order valence-electron chi connectivity index (χ4n) is 15.1. The molecule has 1 aromatic heterocycles. The molecular formula is C95H136N9O27+. The van der Waals surface area contributed by atoms with Crippen LogP contribution in [0.4, 0.5) is 16.2 Å². The molecule has 5 bridgehead atoms. The average Bonchev–Trinajstić information content (AvgIpc) is 1.63. The van der Waals surface area contributed by atoms with Gasteiger partial charge in [0.25, 0.3) is 23.5 Å². The quantitative estimate of drug-likeness (QED) is 0.00342. The Kier molecular flexibility index (Phi) is 44.1. The number of ether oxygens (including phenoxy) is 13. The van der Waals surface area contributed by atoms with Gasteiger partial charge in [-0.05, 0) is 94.5 Å². The number of likely N-dealkylation sites (N-methyl/N-ethyl adjacent to an activating group) is 1. The maximum absolute atomic E-state index is 15.0. The SMILES string of the molecule is CCOCCC(=O)N[C@H](C(=O)C[C@@H](CCCNC(N)=O)C(=O)Nc1ccc(C[N+](C)(C)CCOc2ccc3nc4c(oc3c2)c2c(O)c3c(=O)c(C)c5c(c34)C(=O)[C@@](C)(O/C=C/[C@H](OC)[C@@H](C)[C@@H](OC(C)=O)[C@H](C)[C@H](C)[C@H](C)[C@@H](O)[C@@H](C)/C=C/C=C(/C)C(=O)N2)O5)cc1)C(C)C.CCOCCOCCOCCOCCOCCOCCOCCNC(=O)CCN1C(=O)C=CC1=O. The number of benzene rings is 4. The van der Waals surface area contributed by atoms with Crippen LogP contribution < -0.4 is 47.2 Å². The van der Waals surface area contributed by atoms with Gasteiger partial charge >= 0.3 is 17.8 Å². The van der Waals surface area contributed by atoms with Gasteiger partial charge in [0.2, 0.25) is 17.7 Å². The van der Waals surface area contributed by atoms with Crippen molar-refractivity contribution in [1.82, 2.24) is 25.8 Å². The second-order valence-corrected chi connectivity index (χ2v) is 33.7. The predicted octanol–water partition coefficient (Wildman–Crippen LogP) is 9.01. The lowest BCUT2D eigenvalue weighted by molar-refractivity contribution is -0.903. The Bertz CT molecular complexity index is 4840. The third-order valence-corrected chi connectivity index (χ3v) is 23.0. The number of nitrogens with zero attached hydrogens (tertiary/aromatic N) is 3. The lowest BCUT2D eigenvalue weighted by atomic mass is 9.73. The third kappa shape index (κ3) is 32.7. The zero-order valence-electron chi connectivity index (χ0n) is 78.5. The molecule has 8 rings (SSSR count). The number of hydrogen-bond acceptors (Lipinski definition) is 28. The number of primary amides is 1. The number of phenolic OH excluding ortho intramolecular Hbond substituents is 1. The van der Waals surface area contributed by atoms with E-state index in [2.05, 4.69) is 26.6 Å². The molecule has 4 heterocycles. The number of methoxy groups -OCH3 is 1. The largest absolute Gasteiger partial charge is 0.505 e. The number of rotatable bonds is 48. The number of anilines is 2. The molecule has 8 amide bonds. The highest BCUT2D eigenvalue weighted by atomic mass is 16.7. The maximum atomic E-state index is 15.0. The van der Waals surface area contributed by atoms with Crippen molar-refractivity contribution in [3.05, 3.63) is 118 Å². The van der Waals surface area contributed by atoms with Gasteiger partial charge in [-0.1, -0.05) is 78.8 Å². The van der Waals surface area contributed by atoms with Crippen LogP contribution in [0.3, 0.4) is 0 Å². The van der Waals surface area contributed by atoms with Gasteiger partial charge in [-0.2, -0.15) is 0 Å². The molecule has 3 aliphatic rings. The van der Waals surface area contributed by atoms with Gasteiger partial charge in [-0.25, -0.2) is 9.78 Å². The number of carbonyl (C=O) groups excluding carboxylic acids is 10. The second kappa shape index (κ2) is 53.8. The molecular weight excluding hydrogens is 1700 g/mol. The number of aliphatic hydroxyl groups is 1. The van der Waals surface area contributed by atoms with Gasteiger partial charge in [0.15, 0.2) is 28.1 Å². The second-order valence-electron chi connectivity index (χ2n) is 33.7. The number of quaternary nitrogens is 1. The number of allylic oxidation sites excluding steroid dienone is 2. The van der Waals surface area contributed by atoms with Crippen molar-refractivity contribution in [2.24, 2.45) is 47.2 Å². The first-order chi connectivity index (χ1) is 62.5. The van der Waals surface area contributed by atoms with E-state index in [1.807, 2.05) is 88.5 Å². The fourth-order valence-corrected chi connectivity index (χ4v) is 15.1. The summed E-state index contributed by atoms with van der Waals surface area (Å²) in [6, 6.07) is 10.8. The molecule has 0 aliphatic carbocycles. The smallest absolute Gasteiger partial charge is 0.312 e. The Balaban J connectivity index is 0.000000562. The number of nitrogens with two attached hydrogens (primary N) is 1. The molecule has 0 fully saturated rings.